The predicted molar refractivity (Wildman–Crippen MR) is 123 cm³/mol. The number of nitrogens with one attached hydrogen (secondary N) is 1. The smallest absolute Gasteiger partial charge is 0.251 e. The molecule has 172 valence electrons. The third kappa shape index (κ3) is 4.80. The zero-order valence-corrected chi connectivity index (χ0v) is 18.7. The predicted octanol–water partition coefficient (Wildman–Crippen LogP) is 3.25. The maximum absolute atomic E-state index is 12.6. The highest BCUT2D eigenvalue weighted by molar-refractivity contribution is 5.94. The Morgan fingerprint density at radius 3 is 3.00 bits per heavy atom. The van der Waals surface area contributed by atoms with Crippen LogP contribution >= 0.6 is 0 Å². The molecule has 0 aliphatic carbocycles. The minimum Gasteiger partial charge on any atom is -0.494 e. The van der Waals surface area contributed by atoms with Crippen molar-refractivity contribution in [3.63, 3.8) is 0 Å². The lowest BCUT2D eigenvalue weighted by Gasteiger charge is -2.32. The molecule has 2 aliphatic rings. The second-order valence-corrected chi connectivity index (χ2v) is 8.49. The van der Waals surface area contributed by atoms with Gasteiger partial charge in [-0.3, -0.25) is 9.69 Å². The molecule has 2 aliphatic heterocycles. The van der Waals surface area contributed by atoms with E-state index in [9.17, 15) is 4.79 Å². The number of piperidine rings is 1. The summed E-state index contributed by atoms with van der Waals surface area (Å²) in [7, 11) is 1.67. The molecule has 1 unspecified atom stereocenters. The van der Waals surface area contributed by atoms with Gasteiger partial charge in [-0.15, -0.1) is 0 Å². The Bertz CT molecular complexity index is 1130. The third-order valence-electron chi connectivity index (χ3n) is 6.16. The van der Waals surface area contributed by atoms with Gasteiger partial charge < -0.3 is 19.5 Å². The summed E-state index contributed by atoms with van der Waals surface area (Å²) in [6, 6.07) is 13.2. The van der Waals surface area contributed by atoms with Crippen LogP contribution in [-0.2, 0) is 6.54 Å². The topological polar surface area (TPSA) is 77.9 Å². The van der Waals surface area contributed by atoms with Crippen molar-refractivity contribution in [2.75, 3.05) is 33.5 Å². The maximum Gasteiger partial charge on any atom is 0.251 e. The summed E-state index contributed by atoms with van der Waals surface area (Å²) in [4.78, 5) is 15.0. The Morgan fingerprint density at radius 1 is 1.21 bits per heavy atom. The number of likely N-dealkylation sites (tertiary alicyclic amines) is 1. The van der Waals surface area contributed by atoms with Crippen molar-refractivity contribution in [2.24, 2.45) is 5.92 Å². The van der Waals surface area contributed by atoms with Crippen molar-refractivity contribution in [3.05, 3.63) is 66.0 Å². The van der Waals surface area contributed by atoms with E-state index in [0.29, 0.717) is 29.5 Å². The van der Waals surface area contributed by atoms with Gasteiger partial charge in [0.15, 0.2) is 11.5 Å². The highest BCUT2D eigenvalue weighted by atomic mass is 16.7. The molecule has 3 heterocycles. The molecule has 8 nitrogen and oxygen atoms in total. The van der Waals surface area contributed by atoms with Crippen LogP contribution in [0.1, 0.15) is 28.8 Å². The summed E-state index contributed by atoms with van der Waals surface area (Å²) >= 11 is 0. The van der Waals surface area contributed by atoms with E-state index in [-0.39, 0.29) is 12.7 Å². The summed E-state index contributed by atoms with van der Waals surface area (Å²) in [6.45, 7) is 3.69. The number of hydrogen-bond acceptors (Lipinski definition) is 6. The highest BCUT2D eigenvalue weighted by Gasteiger charge is 2.22. The number of fused-ring (bicyclic) bond motifs is 1. The number of benzene rings is 2. The van der Waals surface area contributed by atoms with Crippen molar-refractivity contribution in [2.45, 2.75) is 19.4 Å². The fourth-order valence-corrected chi connectivity index (χ4v) is 4.49. The zero-order chi connectivity index (χ0) is 22.6. The van der Waals surface area contributed by atoms with Gasteiger partial charge in [0.25, 0.3) is 5.91 Å². The van der Waals surface area contributed by atoms with E-state index >= 15 is 0 Å². The summed E-state index contributed by atoms with van der Waals surface area (Å²) in [5.41, 5.74) is 2.68. The molecule has 3 aromatic rings. The minimum atomic E-state index is -0.0801. The molecular formula is C25H28N4O4. The molecule has 5 rings (SSSR count). The lowest BCUT2D eigenvalue weighted by Crippen LogP contribution is -2.40. The first-order valence-electron chi connectivity index (χ1n) is 11.3. The van der Waals surface area contributed by atoms with Crippen LogP contribution in [0.3, 0.4) is 0 Å². The lowest BCUT2D eigenvalue weighted by atomic mass is 9.97. The van der Waals surface area contributed by atoms with Gasteiger partial charge >= 0.3 is 0 Å². The van der Waals surface area contributed by atoms with Gasteiger partial charge in [-0.25, -0.2) is 4.68 Å². The molecule has 33 heavy (non-hydrogen) atoms. The van der Waals surface area contributed by atoms with Gasteiger partial charge in [-0.2, -0.15) is 5.10 Å². The SMILES string of the molecule is COc1ccccc1-n1cc(CN2CCCC(CNC(=O)c3ccc4c(c3)OCO4)C2)cn1. The van der Waals surface area contributed by atoms with Crippen LogP contribution in [0.25, 0.3) is 5.69 Å². The number of methoxy groups -OCH3 is 1. The van der Waals surface area contributed by atoms with Crippen LogP contribution in [0.5, 0.6) is 17.2 Å². The van der Waals surface area contributed by atoms with E-state index in [1.165, 1.54) is 0 Å². The molecule has 8 heteroatoms. The van der Waals surface area contributed by atoms with Crippen molar-refractivity contribution in [3.8, 4) is 22.9 Å². The Kier molecular flexibility index (Phi) is 6.17. The molecule has 1 fully saturated rings. The van der Waals surface area contributed by atoms with Crippen molar-refractivity contribution in [1.29, 1.82) is 0 Å². The van der Waals surface area contributed by atoms with Crippen molar-refractivity contribution >= 4 is 5.91 Å². The molecular weight excluding hydrogens is 420 g/mol. The van der Waals surface area contributed by atoms with Gasteiger partial charge in [0.1, 0.15) is 11.4 Å². The van der Waals surface area contributed by atoms with Gasteiger partial charge in [0, 0.05) is 37.0 Å². The molecule has 1 atom stereocenters. The largest absolute Gasteiger partial charge is 0.494 e. The summed E-state index contributed by atoms with van der Waals surface area (Å²) in [5, 5.41) is 7.62. The average Bonchev–Trinajstić information content (AvgIpc) is 3.52. The summed E-state index contributed by atoms with van der Waals surface area (Å²) < 4.78 is 18.0. The number of carbonyl (C=O) groups is 1. The molecule has 1 saturated heterocycles. The van der Waals surface area contributed by atoms with Gasteiger partial charge in [-0.1, -0.05) is 12.1 Å². The molecule has 1 N–H and O–H groups in total. The zero-order valence-electron chi connectivity index (χ0n) is 18.7. The molecule has 1 amide bonds. The first-order chi connectivity index (χ1) is 16.2. The second-order valence-electron chi connectivity index (χ2n) is 8.49. The molecule has 0 saturated carbocycles. The van der Waals surface area contributed by atoms with Gasteiger partial charge in [0.2, 0.25) is 6.79 Å². The number of aromatic nitrogens is 2. The van der Waals surface area contributed by atoms with E-state index in [2.05, 4.69) is 21.5 Å². The average molecular weight is 449 g/mol. The first kappa shape index (κ1) is 21.3. The Labute approximate surface area is 193 Å². The number of nitrogens with zero attached hydrogens (tertiary/aromatic N) is 3. The van der Waals surface area contributed by atoms with E-state index in [1.54, 1.807) is 25.3 Å². The van der Waals surface area contributed by atoms with E-state index < -0.39 is 0 Å². The number of para-hydroxylation sites is 2. The molecule has 0 radical (unpaired) electrons. The van der Waals surface area contributed by atoms with Gasteiger partial charge in [-0.05, 0) is 55.6 Å². The summed E-state index contributed by atoms with van der Waals surface area (Å²) in [6.07, 6.45) is 6.20. The Balaban J connectivity index is 1.15. The monoisotopic (exact) mass is 448 g/mol. The number of carbonyl (C=O) groups excluding carboxylic acids is 1. The van der Waals surface area contributed by atoms with E-state index in [0.717, 1.165) is 49.5 Å². The van der Waals surface area contributed by atoms with Crippen molar-refractivity contribution in [1.82, 2.24) is 20.0 Å². The quantitative estimate of drug-likeness (QED) is 0.598. The first-order valence-corrected chi connectivity index (χ1v) is 11.3. The number of rotatable bonds is 7. The minimum absolute atomic E-state index is 0.0801. The number of amides is 1. The normalized spacial score (nSPS) is 17.7. The molecule has 0 spiro atoms. The van der Waals surface area contributed by atoms with Crippen molar-refractivity contribution < 1.29 is 19.0 Å². The van der Waals surface area contributed by atoms with Crippen LogP contribution in [0.2, 0.25) is 0 Å². The summed E-state index contributed by atoms with van der Waals surface area (Å²) in [5.74, 6) is 2.44. The lowest BCUT2D eigenvalue weighted by molar-refractivity contribution is 0.0930. The second kappa shape index (κ2) is 9.54. The van der Waals surface area contributed by atoms with E-state index in [1.807, 2.05) is 35.1 Å². The van der Waals surface area contributed by atoms with Gasteiger partial charge in [0.05, 0.1) is 13.3 Å². The Hall–Kier alpha value is -3.52. The standard InChI is InChI=1S/C25H28N4O4/c1-31-22-7-3-2-6-21(22)29-16-19(13-27-29)15-28-10-4-5-18(14-28)12-26-25(30)20-8-9-23-24(11-20)33-17-32-23/h2-3,6-9,11,13,16,18H,4-5,10,12,14-15,17H2,1H3,(H,26,30). The fourth-order valence-electron chi connectivity index (χ4n) is 4.49. The molecule has 0 bridgehead atoms. The van der Waals surface area contributed by atoms with Crippen LogP contribution in [0.15, 0.2) is 54.9 Å². The van der Waals surface area contributed by atoms with E-state index in [4.69, 9.17) is 14.2 Å². The van der Waals surface area contributed by atoms with Crippen LogP contribution in [0, 0.1) is 5.92 Å². The third-order valence-corrected chi connectivity index (χ3v) is 6.16. The Morgan fingerprint density at radius 2 is 2.09 bits per heavy atom. The van der Waals surface area contributed by atoms with Crippen LogP contribution in [0.4, 0.5) is 0 Å². The fraction of sp³-hybridized carbons (Fsp3) is 0.360. The number of hydrogen-bond donors (Lipinski definition) is 1. The van der Waals surface area contributed by atoms with Crippen LogP contribution < -0.4 is 19.5 Å². The number of ether oxygens (including phenoxy) is 3. The maximum atomic E-state index is 12.6. The van der Waals surface area contributed by atoms with Crippen LogP contribution in [-0.4, -0.2) is 54.1 Å². The molecule has 2 aromatic carbocycles. The highest BCUT2D eigenvalue weighted by Crippen LogP contribution is 2.32. The molecule has 1 aromatic heterocycles.